The van der Waals surface area contributed by atoms with Gasteiger partial charge in [0.15, 0.2) is 0 Å². The number of rotatable bonds is 3. The molecule has 0 unspecified atom stereocenters. The quantitative estimate of drug-likeness (QED) is 0.760. The third-order valence-electron chi connectivity index (χ3n) is 2.52. The molecule has 0 bridgehead atoms. The van der Waals surface area contributed by atoms with Gasteiger partial charge in [0.25, 0.3) is 5.91 Å². The van der Waals surface area contributed by atoms with Crippen LogP contribution in [-0.2, 0) is 0 Å². The largest absolute Gasteiger partial charge is 0.345 e. The van der Waals surface area contributed by atoms with E-state index in [4.69, 9.17) is 11.6 Å². The van der Waals surface area contributed by atoms with Crippen LogP contribution in [0.2, 0.25) is 0 Å². The van der Waals surface area contributed by atoms with Crippen LogP contribution in [0.3, 0.4) is 0 Å². The fourth-order valence-corrected chi connectivity index (χ4v) is 1.68. The van der Waals surface area contributed by atoms with Gasteiger partial charge in [-0.15, -0.1) is 11.6 Å². The molecule has 1 saturated carbocycles. The highest BCUT2D eigenvalue weighted by molar-refractivity contribution is 6.19. The van der Waals surface area contributed by atoms with Crippen molar-refractivity contribution < 1.29 is 4.79 Å². The molecular weight excluding hydrogens is 198 g/mol. The van der Waals surface area contributed by atoms with Gasteiger partial charge in [-0.05, 0) is 25.0 Å². The normalized spacial score (nSPS) is 17.5. The minimum absolute atomic E-state index is 0.0243. The molecule has 2 nitrogen and oxygen atoms in total. The molecule has 1 amide bonds. The van der Waals surface area contributed by atoms with Gasteiger partial charge in [0.05, 0.1) is 5.54 Å². The Morgan fingerprint density at radius 3 is 2.50 bits per heavy atom. The number of amides is 1. The van der Waals surface area contributed by atoms with Crippen molar-refractivity contribution in [3.8, 4) is 0 Å². The van der Waals surface area contributed by atoms with Crippen LogP contribution in [0, 0.1) is 0 Å². The molecule has 0 radical (unpaired) electrons. The molecule has 0 aliphatic heterocycles. The number of halogens is 1. The Hall–Kier alpha value is -1.02. The number of benzene rings is 1. The number of alkyl halides is 1. The van der Waals surface area contributed by atoms with E-state index >= 15 is 0 Å². The molecule has 0 aromatic heterocycles. The average Bonchev–Trinajstić information content (AvgIpc) is 3.00. The van der Waals surface area contributed by atoms with Gasteiger partial charge in [0.2, 0.25) is 0 Å². The van der Waals surface area contributed by atoms with E-state index in [9.17, 15) is 4.79 Å². The summed E-state index contributed by atoms with van der Waals surface area (Å²) in [4.78, 5) is 11.7. The van der Waals surface area contributed by atoms with Gasteiger partial charge in [0.1, 0.15) is 0 Å². The summed E-state index contributed by atoms with van der Waals surface area (Å²) < 4.78 is 0. The number of hydrogen-bond acceptors (Lipinski definition) is 1. The first-order valence-electron chi connectivity index (χ1n) is 4.69. The second-order valence-electron chi connectivity index (χ2n) is 3.73. The Morgan fingerprint density at radius 2 is 2.00 bits per heavy atom. The number of hydrogen-bond donors (Lipinski definition) is 1. The smallest absolute Gasteiger partial charge is 0.251 e. The maximum absolute atomic E-state index is 11.7. The van der Waals surface area contributed by atoms with Crippen LogP contribution in [-0.4, -0.2) is 17.3 Å². The highest BCUT2D eigenvalue weighted by atomic mass is 35.5. The van der Waals surface area contributed by atoms with Crippen molar-refractivity contribution in [2.45, 2.75) is 18.4 Å². The van der Waals surface area contributed by atoms with Crippen LogP contribution in [0.15, 0.2) is 30.3 Å². The van der Waals surface area contributed by atoms with Gasteiger partial charge in [-0.25, -0.2) is 0 Å². The van der Waals surface area contributed by atoms with Crippen LogP contribution < -0.4 is 5.32 Å². The van der Waals surface area contributed by atoms with Gasteiger partial charge in [-0.1, -0.05) is 18.2 Å². The van der Waals surface area contributed by atoms with Crippen LogP contribution >= 0.6 is 11.6 Å². The zero-order valence-electron chi connectivity index (χ0n) is 7.79. The van der Waals surface area contributed by atoms with E-state index in [-0.39, 0.29) is 11.4 Å². The van der Waals surface area contributed by atoms with Gasteiger partial charge < -0.3 is 5.32 Å². The van der Waals surface area contributed by atoms with E-state index in [0.29, 0.717) is 11.4 Å². The molecule has 1 aliphatic carbocycles. The molecule has 0 saturated heterocycles. The third-order valence-corrected chi connectivity index (χ3v) is 3.04. The van der Waals surface area contributed by atoms with E-state index in [1.54, 1.807) is 12.1 Å². The zero-order chi connectivity index (χ0) is 10.0. The molecule has 3 heteroatoms. The van der Waals surface area contributed by atoms with Gasteiger partial charge in [-0.3, -0.25) is 4.79 Å². The second-order valence-corrected chi connectivity index (χ2v) is 4.00. The van der Waals surface area contributed by atoms with Crippen molar-refractivity contribution in [1.29, 1.82) is 0 Å². The molecule has 0 spiro atoms. The van der Waals surface area contributed by atoms with Crippen LogP contribution in [0.25, 0.3) is 0 Å². The molecule has 0 atom stereocenters. The van der Waals surface area contributed by atoms with Crippen molar-refractivity contribution in [2.24, 2.45) is 0 Å². The monoisotopic (exact) mass is 209 g/mol. The van der Waals surface area contributed by atoms with Crippen LogP contribution in [0.1, 0.15) is 23.2 Å². The molecule has 1 aliphatic rings. The lowest BCUT2D eigenvalue weighted by atomic mass is 10.2. The minimum atomic E-state index is -0.117. The predicted molar refractivity (Wildman–Crippen MR) is 56.6 cm³/mol. The van der Waals surface area contributed by atoms with Gasteiger partial charge >= 0.3 is 0 Å². The Bertz CT molecular complexity index is 332. The summed E-state index contributed by atoms with van der Waals surface area (Å²) >= 11 is 5.77. The molecule has 14 heavy (non-hydrogen) atoms. The first kappa shape index (κ1) is 9.53. The van der Waals surface area contributed by atoms with E-state index in [0.717, 1.165) is 12.8 Å². The van der Waals surface area contributed by atoms with E-state index in [1.165, 1.54) is 0 Å². The summed E-state index contributed by atoms with van der Waals surface area (Å²) in [6, 6.07) is 9.22. The van der Waals surface area contributed by atoms with Crippen LogP contribution in [0.5, 0.6) is 0 Å². The first-order valence-corrected chi connectivity index (χ1v) is 5.23. The topological polar surface area (TPSA) is 29.1 Å². The summed E-state index contributed by atoms with van der Waals surface area (Å²) in [7, 11) is 0. The Kier molecular flexibility index (Phi) is 2.46. The van der Waals surface area contributed by atoms with Crippen molar-refractivity contribution in [2.75, 3.05) is 5.88 Å². The molecule has 0 heterocycles. The summed E-state index contributed by atoms with van der Waals surface area (Å²) in [5.74, 6) is 0.481. The standard InChI is InChI=1S/C11H12ClNO/c12-8-11(6-7-11)13-10(14)9-4-2-1-3-5-9/h1-5H,6-8H2,(H,13,14). The highest BCUT2D eigenvalue weighted by Gasteiger charge is 2.43. The van der Waals surface area contributed by atoms with Gasteiger partial charge in [0, 0.05) is 11.4 Å². The lowest BCUT2D eigenvalue weighted by Crippen LogP contribution is -2.38. The molecule has 1 aromatic rings. The van der Waals surface area contributed by atoms with E-state index < -0.39 is 0 Å². The van der Waals surface area contributed by atoms with Crippen molar-refractivity contribution >= 4 is 17.5 Å². The summed E-state index contributed by atoms with van der Waals surface area (Å²) in [6.07, 6.45) is 1.99. The predicted octanol–water partition coefficient (Wildman–Crippen LogP) is 2.19. The van der Waals surface area contributed by atoms with E-state index in [2.05, 4.69) is 5.32 Å². The molecule has 1 aromatic carbocycles. The fraction of sp³-hybridized carbons (Fsp3) is 0.364. The molecule has 1 N–H and O–H groups in total. The highest BCUT2D eigenvalue weighted by Crippen LogP contribution is 2.36. The third kappa shape index (κ3) is 1.90. The number of carbonyl (C=O) groups excluding carboxylic acids is 1. The van der Waals surface area contributed by atoms with Crippen molar-refractivity contribution in [3.05, 3.63) is 35.9 Å². The lowest BCUT2D eigenvalue weighted by molar-refractivity contribution is 0.0936. The first-order chi connectivity index (χ1) is 6.76. The summed E-state index contributed by atoms with van der Waals surface area (Å²) in [5.41, 5.74) is 0.581. The number of carbonyl (C=O) groups is 1. The SMILES string of the molecule is O=C(NC1(CCl)CC1)c1ccccc1. The van der Waals surface area contributed by atoms with Gasteiger partial charge in [-0.2, -0.15) is 0 Å². The molecule has 74 valence electrons. The number of nitrogens with one attached hydrogen (secondary N) is 1. The average molecular weight is 210 g/mol. The van der Waals surface area contributed by atoms with E-state index in [1.807, 2.05) is 18.2 Å². The Balaban J connectivity index is 2.03. The summed E-state index contributed by atoms with van der Waals surface area (Å²) in [6.45, 7) is 0. The van der Waals surface area contributed by atoms with Crippen molar-refractivity contribution in [3.63, 3.8) is 0 Å². The second kappa shape index (κ2) is 3.62. The minimum Gasteiger partial charge on any atom is -0.345 e. The molecule has 2 rings (SSSR count). The maximum atomic E-state index is 11.7. The van der Waals surface area contributed by atoms with Crippen molar-refractivity contribution in [1.82, 2.24) is 5.32 Å². The van der Waals surface area contributed by atoms with Crippen LogP contribution in [0.4, 0.5) is 0 Å². The fourth-order valence-electron chi connectivity index (χ4n) is 1.35. The summed E-state index contributed by atoms with van der Waals surface area (Å²) in [5, 5.41) is 2.96. The maximum Gasteiger partial charge on any atom is 0.251 e. The molecular formula is C11H12ClNO. The zero-order valence-corrected chi connectivity index (χ0v) is 8.55. The lowest BCUT2D eigenvalue weighted by Gasteiger charge is -2.13. The Morgan fingerprint density at radius 1 is 1.36 bits per heavy atom. The Labute approximate surface area is 88.3 Å². The molecule has 1 fully saturated rings.